The molecule has 0 spiro atoms. The van der Waals surface area contributed by atoms with Crippen LogP contribution in [-0.2, 0) is 0 Å². The van der Waals surface area contributed by atoms with E-state index in [-0.39, 0.29) is 0 Å². The molecule has 0 saturated heterocycles. The Morgan fingerprint density at radius 1 is 0.565 bits per heavy atom. The molecule has 0 atom stereocenters. The Hall–Kier alpha value is -2.10. The van der Waals surface area contributed by atoms with E-state index in [1.54, 1.807) is 0 Å². The van der Waals surface area contributed by atoms with Gasteiger partial charge in [-0.3, -0.25) is 0 Å². The highest BCUT2D eigenvalue weighted by atomic mass is 15.0. The zero-order valence-electron chi connectivity index (χ0n) is 13.9. The summed E-state index contributed by atoms with van der Waals surface area (Å²) in [6.45, 7) is 2.04. The molecular formula is C19H28N4. The molecule has 0 aliphatic rings. The smallest absolute Gasteiger partial charge is 0.125 e. The van der Waals surface area contributed by atoms with Gasteiger partial charge in [0.2, 0.25) is 0 Å². The van der Waals surface area contributed by atoms with Gasteiger partial charge < -0.3 is 10.6 Å². The van der Waals surface area contributed by atoms with Crippen molar-refractivity contribution in [3.63, 3.8) is 0 Å². The van der Waals surface area contributed by atoms with Crippen molar-refractivity contribution >= 4 is 11.6 Å². The molecule has 2 aromatic heterocycles. The third-order valence-electron chi connectivity index (χ3n) is 3.80. The Kier molecular flexibility index (Phi) is 8.60. The molecule has 2 rings (SSSR count). The van der Waals surface area contributed by atoms with Gasteiger partial charge in [0.1, 0.15) is 11.6 Å². The van der Waals surface area contributed by atoms with Crippen LogP contribution in [0.5, 0.6) is 0 Å². The molecule has 23 heavy (non-hydrogen) atoms. The summed E-state index contributed by atoms with van der Waals surface area (Å²) >= 11 is 0. The first kappa shape index (κ1) is 17.3. The van der Waals surface area contributed by atoms with E-state index < -0.39 is 0 Å². The van der Waals surface area contributed by atoms with Gasteiger partial charge >= 0.3 is 0 Å². The van der Waals surface area contributed by atoms with Crippen LogP contribution in [0.2, 0.25) is 0 Å². The van der Waals surface area contributed by atoms with Crippen molar-refractivity contribution in [2.75, 3.05) is 23.7 Å². The second-order valence-corrected chi connectivity index (χ2v) is 5.76. The predicted molar refractivity (Wildman–Crippen MR) is 97.8 cm³/mol. The van der Waals surface area contributed by atoms with Gasteiger partial charge in [-0.2, -0.15) is 0 Å². The molecule has 0 radical (unpaired) electrons. The predicted octanol–water partition coefficient (Wildman–Crippen LogP) is 4.73. The molecule has 0 aromatic carbocycles. The fraction of sp³-hybridized carbons (Fsp3) is 0.474. The van der Waals surface area contributed by atoms with Crippen LogP contribution in [0.4, 0.5) is 11.6 Å². The molecule has 0 aliphatic carbocycles. The number of unbranched alkanes of at least 4 members (excludes halogenated alkanes) is 6. The fourth-order valence-electron chi connectivity index (χ4n) is 2.50. The van der Waals surface area contributed by atoms with Crippen molar-refractivity contribution in [3.8, 4) is 0 Å². The lowest BCUT2D eigenvalue weighted by Gasteiger charge is -2.06. The van der Waals surface area contributed by atoms with E-state index in [4.69, 9.17) is 0 Å². The van der Waals surface area contributed by atoms with Crippen LogP contribution in [0.25, 0.3) is 0 Å². The Morgan fingerprint density at radius 2 is 1.00 bits per heavy atom. The first-order valence-electron chi connectivity index (χ1n) is 8.75. The number of hydrogen-bond acceptors (Lipinski definition) is 4. The maximum atomic E-state index is 4.25. The highest BCUT2D eigenvalue weighted by molar-refractivity contribution is 5.33. The minimum atomic E-state index is 0.980. The van der Waals surface area contributed by atoms with Gasteiger partial charge in [0.05, 0.1) is 0 Å². The Balaban J connectivity index is 1.34. The molecule has 0 amide bonds. The zero-order valence-corrected chi connectivity index (χ0v) is 13.9. The summed E-state index contributed by atoms with van der Waals surface area (Å²) in [6.07, 6.45) is 12.7. The molecule has 0 saturated carbocycles. The summed E-state index contributed by atoms with van der Waals surface area (Å²) in [7, 11) is 0. The third-order valence-corrected chi connectivity index (χ3v) is 3.80. The van der Waals surface area contributed by atoms with Crippen molar-refractivity contribution < 1.29 is 0 Å². The van der Waals surface area contributed by atoms with Crippen molar-refractivity contribution in [1.82, 2.24) is 9.97 Å². The molecule has 124 valence electrons. The number of rotatable bonds is 12. The number of aromatic nitrogens is 2. The molecular weight excluding hydrogens is 284 g/mol. The Labute approximate surface area is 139 Å². The van der Waals surface area contributed by atoms with Crippen LogP contribution in [-0.4, -0.2) is 23.1 Å². The Morgan fingerprint density at radius 3 is 1.39 bits per heavy atom. The SMILES string of the molecule is c1ccc(NCCCCCCCCCNc2ccccn2)nc1. The first-order chi connectivity index (χ1) is 11.4. The van der Waals surface area contributed by atoms with Crippen molar-refractivity contribution in [1.29, 1.82) is 0 Å². The number of anilines is 2. The summed E-state index contributed by atoms with van der Waals surface area (Å²) in [6, 6.07) is 11.9. The van der Waals surface area contributed by atoms with Gasteiger partial charge in [-0.15, -0.1) is 0 Å². The minimum absolute atomic E-state index is 0.980. The lowest BCUT2D eigenvalue weighted by molar-refractivity contribution is 0.591. The average Bonchev–Trinajstić information content (AvgIpc) is 2.61. The van der Waals surface area contributed by atoms with Crippen LogP contribution in [0.15, 0.2) is 48.8 Å². The van der Waals surface area contributed by atoms with Crippen molar-refractivity contribution in [2.45, 2.75) is 44.9 Å². The maximum absolute atomic E-state index is 4.25. The van der Waals surface area contributed by atoms with Gasteiger partial charge in [-0.25, -0.2) is 9.97 Å². The van der Waals surface area contributed by atoms with E-state index in [1.165, 1.54) is 44.9 Å². The molecule has 4 heteroatoms. The van der Waals surface area contributed by atoms with E-state index in [2.05, 4.69) is 20.6 Å². The first-order valence-corrected chi connectivity index (χ1v) is 8.75. The normalized spacial score (nSPS) is 10.4. The monoisotopic (exact) mass is 312 g/mol. The zero-order chi connectivity index (χ0) is 16.0. The molecule has 2 aromatic rings. The van der Waals surface area contributed by atoms with E-state index in [9.17, 15) is 0 Å². The summed E-state index contributed by atoms with van der Waals surface area (Å²) in [4.78, 5) is 8.51. The molecule has 0 fully saturated rings. The van der Waals surface area contributed by atoms with Gasteiger partial charge in [0.25, 0.3) is 0 Å². The van der Waals surface area contributed by atoms with Gasteiger partial charge in [-0.1, -0.05) is 44.2 Å². The molecule has 2 heterocycles. The molecule has 2 N–H and O–H groups in total. The van der Waals surface area contributed by atoms with Gasteiger partial charge in [0.15, 0.2) is 0 Å². The standard InChI is InChI=1S/C19H28N4/c1(2-4-8-14-20-18-12-6-10-16-22-18)3-5-9-15-21-19-13-7-11-17-23-19/h6-7,10-13,16-17H,1-5,8-9,14-15H2,(H,20,22)(H,21,23). The second kappa shape index (κ2) is 11.5. The highest BCUT2D eigenvalue weighted by Crippen LogP contribution is 2.08. The lowest BCUT2D eigenvalue weighted by Crippen LogP contribution is -2.03. The van der Waals surface area contributed by atoms with Crippen LogP contribution in [0.1, 0.15) is 44.9 Å². The van der Waals surface area contributed by atoms with Crippen molar-refractivity contribution in [3.05, 3.63) is 48.8 Å². The number of nitrogens with zero attached hydrogens (tertiary/aromatic N) is 2. The number of hydrogen-bond donors (Lipinski definition) is 2. The third kappa shape index (κ3) is 8.19. The number of pyridine rings is 2. The molecule has 0 unspecified atom stereocenters. The maximum Gasteiger partial charge on any atom is 0.125 e. The molecule has 0 aliphatic heterocycles. The lowest BCUT2D eigenvalue weighted by atomic mass is 10.1. The number of nitrogens with one attached hydrogen (secondary N) is 2. The average molecular weight is 312 g/mol. The summed E-state index contributed by atoms with van der Waals surface area (Å²) < 4.78 is 0. The topological polar surface area (TPSA) is 49.8 Å². The fourth-order valence-corrected chi connectivity index (χ4v) is 2.50. The second-order valence-electron chi connectivity index (χ2n) is 5.76. The van der Waals surface area contributed by atoms with Crippen LogP contribution >= 0.6 is 0 Å². The van der Waals surface area contributed by atoms with Gasteiger partial charge in [-0.05, 0) is 37.1 Å². The van der Waals surface area contributed by atoms with Crippen LogP contribution in [0, 0.1) is 0 Å². The van der Waals surface area contributed by atoms with Crippen LogP contribution < -0.4 is 10.6 Å². The molecule has 4 nitrogen and oxygen atoms in total. The van der Waals surface area contributed by atoms with E-state index in [0.29, 0.717) is 0 Å². The summed E-state index contributed by atoms with van der Waals surface area (Å²) in [5.41, 5.74) is 0. The molecule has 0 bridgehead atoms. The highest BCUT2D eigenvalue weighted by Gasteiger charge is 1.94. The van der Waals surface area contributed by atoms with Crippen LogP contribution in [0.3, 0.4) is 0 Å². The summed E-state index contributed by atoms with van der Waals surface area (Å²) in [5.74, 6) is 1.96. The minimum Gasteiger partial charge on any atom is -0.370 e. The van der Waals surface area contributed by atoms with Crippen molar-refractivity contribution in [2.24, 2.45) is 0 Å². The van der Waals surface area contributed by atoms with E-state index in [0.717, 1.165) is 24.7 Å². The quantitative estimate of drug-likeness (QED) is 0.556. The summed E-state index contributed by atoms with van der Waals surface area (Å²) in [5, 5.41) is 6.71. The van der Waals surface area contributed by atoms with Gasteiger partial charge in [0, 0.05) is 25.5 Å². The van der Waals surface area contributed by atoms with E-state index >= 15 is 0 Å². The Bertz CT molecular complexity index is 454. The largest absolute Gasteiger partial charge is 0.370 e. The van der Waals surface area contributed by atoms with E-state index in [1.807, 2.05) is 48.8 Å².